The predicted octanol–water partition coefficient (Wildman–Crippen LogP) is 2.82. The van der Waals surface area contributed by atoms with E-state index in [9.17, 15) is 9.90 Å². The molecule has 0 bridgehead atoms. The van der Waals surface area contributed by atoms with Crippen LogP contribution in [0.15, 0.2) is 0 Å². The van der Waals surface area contributed by atoms with Crippen molar-refractivity contribution in [1.82, 2.24) is 4.90 Å². The zero-order valence-electron chi connectivity index (χ0n) is 12.7. The minimum absolute atomic E-state index is 0.212. The monoisotopic (exact) mass is 267 g/mol. The topological polar surface area (TPSA) is 40.5 Å². The van der Waals surface area contributed by atoms with Gasteiger partial charge in [0.1, 0.15) is 0 Å². The van der Waals surface area contributed by atoms with E-state index in [-0.39, 0.29) is 12.0 Å². The summed E-state index contributed by atoms with van der Waals surface area (Å²) in [5.41, 5.74) is 0.466. The number of aliphatic hydroxyl groups is 1. The second-order valence-electron chi connectivity index (χ2n) is 7.49. The molecule has 3 nitrogen and oxygen atoms in total. The molecule has 1 N–H and O–H groups in total. The van der Waals surface area contributed by atoms with Crippen LogP contribution in [-0.4, -0.2) is 35.6 Å². The van der Waals surface area contributed by atoms with Gasteiger partial charge < -0.3 is 10.0 Å². The van der Waals surface area contributed by atoms with Gasteiger partial charge in [-0.1, -0.05) is 13.8 Å². The third-order valence-corrected chi connectivity index (χ3v) is 4.97. The minimum Gasteiger partial charge on any atom is -0.391 e. The SMILES string of the molecule is CN(CC(O)C1CC1)C(=O)CC1CCC(C)(C)CC1. The third-order valence-electron chi connectivity index (χ3n) is 4.97. The van der Waals surface area contributed by atoms with Gasteiger partial charge >= 0.3 is 0 Å². The summed E-state index contributed by atoms with van der Waals surface area (Å²) in [5.74, 6) is 1.22. The summed E-state index contributed by atoms with van der Waals surface area (Å²) in [6.45, 7) is 5.16. The van der Waals surface area contributed by atoms with Gasteiger partial charge in [0, 0.05) is 20.0 Å². The molecule has 0 aliphatic heterocycles. The average Bonchev–Trinajstić information content (AvgIpc) is 3.15. The van der Waals surface area contributed by atoms with Crippen LogP contribution in [0, 0.1) is 17.3 Å². The van der Waals surface area contributed by atoms with E-state index < -0.39 is 0 Å². The molecule has 110 valence electrons. The molecule has 2 aliphatic rings. The van der Waals surface area contributed by atoms with Gasteiger partial charge in [0.2, 0.25) is 5.91 Å². The Morgan fingerprint density at radius 1 is 1.26 bits per heavy atom. The van der Waals surface area contributed by atoms with Gasteiger partial charge in [-0.05, 0) is 55.8 Å². The largest absolute Gasteiger partial charge is 0.391 e. The maximum atomic E-state index is 12.2. The lowest BCUT2D eigenvalue weighted by atomic mass is 9.72. The van der Waals surface area contributed by atoms with Gasteiger partial charge in [0.15, 0.2) is 0 Å². The maximum absolute atomic E-state index is 12.2. The molecule has 1 unspecified atom stereocenters. The van der Waals surface area contributed by atoms with Crippen LogP contribution in [0.4, 0.5) is 0 Å². The number of carbonyl (C=O) groups is 1. The first kappa shape index (κ1) is 14.8. The number of carbonyl (C=O) groups excluding carboxylic acids is 1. The highest BCUT2D eigenvalue weighted by Gasteiger charge is 2.32. The van der Waals surface area contributed by atoms with Crippen LogP contribution < -0.4 is 0 Å². The molecule has 0 aromatic rings. The zero-order valence-corrected chi connectivity index (χ0v) is 12.7. The number of amides is 1. The smallest absolute Gasteiger partial charge is 0.222 e. The van der Waals surface area contributed by atoms with Crippen molar-refractivity contribution in [2.45, 2.75) is 64.9 Å². The molecule has 0 saturated heterocycles. The van der Waals surface area contributed by atoms with Gasteiger partial charge in [0.25, 0.3) is 0 Å². The lowest BCUT2D eigenvalue weighted by molar-refractivity contribution is -0.132. The Morgan fingerprint density at radius 3 is 2.37 bits per heavy atom. The second-order valence-corrected chi connectivity index (χ2v) is 7.49. The first-order valence-corrected chi connectivity index (χ1v) is 7.79. The summed E-state index contributed by atoms with van der Waals surface area (Å²) < 4.78 is 0. The van der Waals surface area contributed by atoms with Crippen LogP contribution in [-0.2, 0) is 4.79 Å². The normalized spacial score (nSPS) is 25.1. The van der Waals surface area contributed by atoms with E-state index in [1.165, 1.54) is 25.7 Å². The van der Waals surface area contributed by atoms with E-state index in [2.05, 4.69) is 13.8 Å². The molecule has 1 amide bonds. The van der Waals surface area contributed by atoms with Crippen LogP contribution in [0.3, 0.4) is 0 Å². The van der Waals surface area contributed by atoms with Crippen molar-refractivity contribution in [3.63, 3.8) is 0 Å². The van der Waals surface area contributed by atoms with Crippen LogP contribution in [0.1, 0.15) is 58.8 Å². The van der Waals surface area contributed by atoms with E-state index in [0.717, 1.165) is 12.8 Å². The summed E-state index contributed by atoms with van der Waals surface area (Å²) in [7, 11) is 1.83. The lowest BCUT2D eigenvalue weighted by Gasteiger charge is -2.34. The van der Waals surface area contributed by atoms with Crippen LogP contribution in [0.5, 0.6) is 0 Å². The molecule has 0 aromatic carbocycles. The molecule has 3 heteroatoms. The molecule has 0 radical (unpaired) electrons. The van der Waals surface area contributed by atoms with E-state index in [4.69, 9.17) is 0 Å². The third kappa shape index (κ3) is 4.48. The van der Waals surface area contributed by atoms with Crippen molar-refractivity contribution >= 4 is 5.91 Å². The highest BCUT2D eigenvalue weighted by molar-refractivity contribution is 5.76. The Hall–Kier alpha value is -0.570. The summed E-state index contributed by atoms with van der Waals surface area (Å²) >= 11 is 0. The second kappa shape index (κ2) is 5.82. The Balaban J connectivity index is 1.71. The first-order valence-electron chi connectivity index (χ1n) is 7.79. The molecule has 2 aliphatic carbocycles. The molecule has 2 saturated carbocycles. The molecule has 1 atom stereocenters. The van der Waals surface area contributed by atoms with Gasteiger partial charge in [0.05, 0.1) is 6.10 Å². The molecule has 0 spiro atoms. The fourth-order valence-electron chi connectivity index (χ4n) is 3.08. The van der Waals surface area contributed by atoms with E-state index in [1.54, 1.807) is 4.90 Å². The Morgan fingerprint density at radius 2 is 1.84 bits per heavy atom. The number of aliphatic hydroxyl groups excluding tert-OH is 1. The average molecular weight is 267 g/mol. The highest BCUT2D eigenvalue weighted by Crippen LogP contribution is 2.39. The van der Waals surface area contributed by atoms with Crippen molar-refractivity contribution in [3.05, 3.63) is 0 Å². The maximum Gasteiger partial charge on any atom is 0.222 e. The summed E-state index contributed by atoms with van der Waals surface area (Å²) in [5, 5.41) is 9.89. The molecule has 2 fully saturated rings. The number of rotatable bonds is 5. The number of hydrogen-bond acceptors (Lipinski definition) is 2. The number of hydrogen-bond donors (Lipinski definition) is 1. The molecular formula is C16H29NO2. The molecule has 0 aromatic heterocycles. The summed E-state index contributed by atoms with van der Waals surface area (Å²) in [6.07, 6.45) is 7.44. The van der Waals surface area contributed by atoms with Crippen molar-refractivity contribution in [1.29, 1.82) is 0 Å². The van der Waals surface area contributed by atoms with Gasteiger partial charge in [-0.2, -0.15) is 0 Å². The minimum atomic E-state index is -0.306. The molecular weight excluding hydrogens is 238 g/mol. The van der Waals surface area contributed by atoms with Gasteiger partial charge in [-0.3, -0.25) is 4.79 Å². The lowest BCUT2D eigenvalue weighted by Crippen LogP contribution is -2.36. The fourth-order valence-corrected chi connectivity index (χ4v) is 3.08. The standard InChI is InChI=1S/C16H29NO2/c1-16(2)8-6-12(7-9-16)10-15(19)17(3)11-14(18)13-4-5-13/h12-14,18H,4-11H2,1-3H3. The fraction of sp³-hybridized carbons (Fsp3) is 0.938. The number of likely N-dealkylation sites (N-methyl/N-ethyl adjacent to an activating group) is 1. The Kier molecular flexibility index (Phi) is 4.54. The number of nitrogens with zero attached hydrogens (tertiary/aromatic N) is 1. The van der Waals surface area contributed by atoms with Crippen molar-refractivity contribution < 1.29 is 9.90 Å². The van der Waals surface area contributed by atoms with Crippen molar-refractivity contribution in [2.75, 3.05) is 13.6 Å². The predicted molar refractivity (Wildman–Crippen MR) is 76.7 cm³/mol. The summed E-state index contributed by atoms with van der Waals surface area (Å²) in [4.78, 5) is 13.9. The molecule has 2 rings (SSSR count). The van der Waals surface area contributed by atoms with Crippen LogP contribution >= 0.6 is 0 Å². The highest BCUT2D eigenvalue weighted by atomic mass is 16.3. The molecule has 0 heterocycles. The van der Waals surface area contributed by atoms with E-state index in [0.29, 0.717) is 30.2 Å². The zero-order chi connectivity index (χ0) is 14.0. The van der Waals surface area contributed by atoms with Crippen LogP contribution in [0.2, 0.25) is 0 Å². The van der Waals surface area contributed by atoms with E-state index in [1.807, 2.05) is 7.05 Å². The van der Waals surface area contributed by atoms with Gasteiger partial charge in [-0.15, -0.1) is 0 Å². The van der Waals surface area contributed by atoms with E-state index >= 15 is 0 Å². The van der Waals surface area contributed by atoms with Crippen LogP contribution in [0.25, 0.3) is 0 Å². The van der Waals surface area contributed by atoms with Gasteiger partial charge in [-0.25, -0.2) is 0 Å². The first-order chi connectivity index (χ1) is 8.87. The van der Waals surface area contributed by atoms with Crippen molar-refractivity contribution in [3.8, 4) is 0 Å². The van der Waals surface area contributed by atoms with Crippen molar-refractivity contribution in [2.24, 2.45) is 17.3 Å². The quantitative estimate of drug-likeness (QED) is 0.832. The summed E-state index contributed by atoms with van der Waals surface area (Å²) in [6, 6.07) is 0. The Bertz CT molecular complexity index is 313. The molecule has 19 heavy (non-hydrogen) atoms. The Labute approximate surface area is 117 Å².